The highest BCUT2D eigenvalue weighted by Crippen LogP contribution is 2.20. The minimum atomic E-state index is -0.282. The van der Waals surface area contributed by atoms with Gasteiger partial charge in [-0.3, -0.25) is 4.79 Å². The van der Waals surface area contributed by atoms with E-state index in [1.807, 2.05) is 55.5 Å². The number of para-hydroxylation sites is 1. The van der Waals surface area contributed by atoms with Crippen molar-refractivity contribution < 1.29 is 4.79 Å². The standard InChI is InChI=1S/C18H15BrN4O/c1-12-9-14(7-8-15(12)19)23-18(24)16-10-17(21-11-20-16)22-13-5-3-2-4-6-13/h2-11H,1H3,(H,23,24)(H,20,21,22). The minimum Gasteiger partial charge on any atom is -0.340 e. The van der Waals surface area contributed by atoms with Crippen LogP contribution in [0.2, 0.25) is 0 Å². The number of anilines is 3. The van der Waals surface area contributed by atoms with Crippen LogP contribution in [0.3, 0.4) is 0 Å². The molecule has 0 spiro atoms. The molecule has 1 amide bonds. The molecule has 0 bridgehead atoms. The SMILES string of the molecule is Cc1cc(NC(=O)c2cc(Nc3ccccc3)ncn2)ccc1Br. The van der Waals surface area contributed by atoms with Gasteiger partial charge in [0.2, 0.25) is 0 Å². The van der Waals surface area contributed by atoms with Crippen LogP contribution in [-0.4, -0.2) is 15.9 Å². The van der Waals surface area contributed by atoms with Gasteiger partial charge in [0.05, 0.1) is 0 Å². The van der Waals surface area contributed by atoms with Crippen molar-refractivity contribution in [1.82, 2.24) is 9.97 Å². The first-order valence-electron chi connectivity index (χ1n) is 7.33. The predicted octanol–water partition coefficient (Wildman–Crippen LogP) is 4.54. The molecule has 0 aliphatic heterocycles. The third-order valence-electron chi connectivity index (χ3n) is 3.36. The number of aromatic nitrogens is 2. The maximum Gasteiger partial charge on any atom is 0.274 e. The van der Waals surface area contributed by atoms with E-state index < -0.39 is 0 Å². The predicted molar refractivity (Wildman–Crippen MR) is 98.6 cm³/mol. The molecule has 120 valence electrons. The first-order chi connectivity index (χ1) is 11.6. The van der Waals surface area contributed by atoms with Crippen LogP contribution in [0.15, 0.2) is 65.4 Å². The molecule has 1 aromatic heterocycles. The van der Waals surface area contributed by atoms with Crippen molar-refractivity contribution >= 4 is 39.0 Å². The Morgan fingerprint density at radius 1 is 1.00 bits per heavy atom. The van der Waals surface area contributed by atoms with E-state index in [4.69, 9.17) is 0 Å². The highest BCUT2D eigenvalue weighted by atomic mass is 79.9. The molecule has 2 N–H and O–H groups in total. The number of rotatable bonds is 4. The molecule has 3 aromatic rings. The van der Waals surface area contributed by atoms with Crippen LogP contribution in [0.25, 0.3) is 0 Å². The fraction of sp³-hybridized carbons (Fsp3) is 0.0556. The van der Waals surface area contributed by atoms with Crippen LogP contribution in [0.4, 0.5) is 17.2 Å². The summed E-state index contributed by atoms with van der Waals surface area (Å²) in [5, 5.41) is 5.98. The van der Waals surface area contributed by atoms with E-state index in [1.165, 1.54) is 6.33 Å². The lowest BCUT2D eigenvalue weighted by atomic mass is 10.2. The summed E-state index contributed by atoms with van der Waals surface area (Å²) in [6.45, 7) is 1.96. The number of hydrogen-bond acceptors (Lipinski definition) is 4. The summed E-state index contributed by atoms with van der Waals surface area (Å²) in [5.41, 5.74) is 2.95. The summed E-state index contributed by atoms with van der Waals surface area (Å²) in [7, 11) is 0. The Bertz CT molecular complexity index is 868. The van der Waals surface area contributed by atoms with Gasteiger partial charge < -0.3 is 10.6 Å². The average Bonchev–Trinajstić information content (AvgIpc) is 2.59. The largest absolute Gasteiger partial charge is 0.340 e. The van der Waals surface area contributed by atoms with Crippen LogP contribution in [-0.2, 0) is 0 Å². The van der Waals surface area contributed by atoms with Gasteiger partial charge >= 0.3 is 0 Å². The third-order valence-corrected chi connectivity index (χ3v) is 4.25. The normalized spacial score (nSPS) is 10.2. The van der Waals surface area contributed by atoms with Crippen molar-refractivity contribution in [1.29, 1.82) is 0 Å². The zero-order valence-electron chi connectivity index (χ0n) is 13.0. The molecule has 0 atom stereocenters. The number of nitrogens with one attached hydrogen (secondary N) is 2. The Balaban J connectivity index is 1.75. The summed E-state index contributed by atoms with van der Waals surface area (Å²) >= 11 is 3.44. The van der Waals surface area contributed by atoms with Crippen molar-refractivity contribution in [3.05, 3.63) is 76.7 Å². The summed E-state index contributed by atoms with van der Waals surface area (Å²) in [4.78, 5) is 20.6. The second-order valence-electron chi connectivity index (χ2n) is 5.20. The molecule has 2 aromatic carbocycles. The molecule has 24 heavy (non-hydrogen) atoms. The lowest BCUT2D eigenvalue weighted by Crippen LogP contribution is -2.14. The zero-order chi connectivity index (χ0) is 16.9. The van der Waals surface area contributed by atoms with Gasteiger partial charge in [-0.05, 0) is 42.8 Å². The fourth-order valence-electron chi connectivity index (χ4n) is 2.14. The minimum absolute atomic E-state index is 0.282. The average molecular weight is 383 g/mol. The van der Waals surface area contributed by atoms with Gasteiger partial charge in [0.1, 0.15) is 17.8 Å². The molecule has 0 saturated carbocycles. The van der Waals surface area contributed by atoms with Crippen molar-refractivity contribution in [2.24, 2.45) is 0 Å². The Labute approximate surface area is 148 Å². The number of aryl methyl sites for hydroxylation is 1. The summed E-state index contributed by atoms with van der Waals surface area (Å²) in [6, 6.07) is 16.9. The third kappa shape index (κ3) is 3.97. The van der Waals surface area contributed by atoms with Crippen molar-refractivity contribution in [3.8, 4) is 0 Å². The van der Waals surface area contributed by atoms with Gasteiger partial charge in [-0.2, -0.15) is 0 Å². The van der Waals surface area contributed by atoms with E-state index in [0.29, 0.717) is 11.5 Å². The van der Waals surface area contributed by atoms with Crippen LogP contribution < -0.4 is 10.6 Å². The van der Waals surface area contributed by atoms with Gasteiger partial charge in [0.15, 0.2) is 0 Å². The van der Waals surface area contributed by atoms with Gasteiger partial charge in [-0.15, -0.1) is 0 Å². The van der Waals surface area contributed by atoms with Crippen molar-refractivity contribution in [3.63, 3.8) is 0 Å². The van der Waals surface area contributed by atoms with Crippen LogP contribution in [0.1, 0.15) is 16.1 Å². The highest BCUT2D eigenvalue weighted by molar-refractivity contribution is 9.10. The van der Waals surface area contributed by atoms with E-state index in [2.05, 4.69) is 36.5 Å². The number of carbonyl (C=O) groups is 1. The molecule has 0 aliphatic rings. The molecule has 1 heterocycles. The molecule has 0 fully saturated rings. The smallest absolute Gasteiger partial charge is 0.274 e. The van der Waals surface area contributed by atoms with Crippen LogP contribution >= 0.6 is 15.9 Å². The first-order valence-corrected chi connectivity index (χ1v) is 8.13. The van der Waals surface area contributed by atoms with E-state index in [-0.39, 0.29) is 5.91 Å². The molecule has 0 unspecified atom stereocenters. The molecule has 0 radical (unpaired) electrons. The first kappa shape index (κ1) is 16.1. The monoisotopic (exact) mass is 382 g/mol. The lowest BCUT2D eigenvalue weighted by Gasteiger charge is -2.08. The summed E-state index contributed by atoms with van der Waals surface area (Å²) < 4.78 is 0.997. The molecule has 6 heteroatoms. The van der Waals surface area contributed by atoms with Gasteiger partial charge in [0, 0.05) is 21.9 Å². The summed E-state index contributed by atoms with van der Waals surface area (Å²) in [6.07, 6.45) is 1.37. The van der Waals surface area contributed by atoms with Crippen LogP contribution in [0.5, 0.6) is 0 Å². The zero-order valence-corrected chi connectivity index (χ0v) is 14.5. The lowest BCUT2D eigenvalue weighted by molar-refractivity contribution is 0.102. The number of amides is 1. The Kier molecular flexibility index (Phi) is 4.86. The highest BCUT2D eigenvalue weighted by Gasteiger charge is 2.10. The molecule has 0 aliphatic carbocycles. The van der Waals surface area contributed by atoms with Crippen molar-refractivity contribution in [2.45, 2.75) is 6.92 Å². The topological polar surface area (TPSA) is 66.9 Å². The van der Waals surface area contributed by atoms with E-state index in [9.17, 15) is 4.79 Å². The number of halogens is 1. The van der Waals surface area contributed by atoms with Gasteiger partial charge in [-0.1, -0.05) is 34.1 Å². The van der Waals surface area contributed by atoms with E-state index in [1.54, 1.807) is 6.07 Å². The maximum atomic E-state index is 12.4. The van der Waals surface area contributed by atoms with E-state index in [0.717, 1.165) is 21.4 Å². The van der Waals surface area contributed by atoms with Crippen LogP contribution in [0, 0.1) is 6.92 Å². The molecular formula is C18H15BrN4O. The molecular weight excluding hydrogens is 368 g/mol. The Morgan fingerprint density at radius 3 is 2.54 bits per heavy atom. The molecule has 3 rings (SSSR count). The quantitative estimate of drug-likeness (QED) is 0.694. The van der Waals surface area contributed by atoms with Gasteiger partial charge in [0.25, 0.3) is 5.91 Å². The maximum absolute atomic E-state index is 12.4. The number of nitrogens with zero attached hydrogens (tertiary/aromatic N) is 2. The second kappa shape index (κ2) is 7.23. The summed E-state index contributed by atoms with van der Waals surface area (Å²) in [5.74, 6) is 0.281. The van der Waals surface area contributed by atoms with E-state index >= 15 is 0 Å². The Morgan fingerprint density at radius 2 is 1.79 bits per heavy atom. The number of benzene rings is 2. The van der Waals surface area contributed by atoms with Crippen molar-refractivity contribution in [2.75, 3.05) is 10.6 Å². The molecule has 5 nitrogen and oxygen atoms in total. The van der Waals surface area contributed by atoms with Gasteiger partial charge in [-0.25, -0.2) is 9.97 Å². The number of hydrogen-bond donors (Lipinski definition) is 2. The number of carbonyl (C=O) groups excluding carboxylic acids is 1. The fourth-order valence-corrected chi connectivity index (χ4v) is 2.38. The second-order valence-corrected chi connectivity index (χ2v) is 6.05. The Hall–Kier alpha value is -2.73. The molecule has 0 saturated heterocycles.